The van der Waals surface area contributed by atoms with Crippen LogP contribution in [0.25, 0.3) is 0 Å². The first-order valence-electron chi connectivity index (χ1n) is 7.28. The van der Waals surface area contributed by atoms with E-state index in [1.807, 2.05) is 0 Å². The number of amides is 2. The van der Waals surface area contributed by atoms with Crippen LogP contribution in [0.15, 0.2) is 48.8 Å². The van der Waals surface area contributed by atoms with Crippen molar-refractivity contribution in [3.63, 3.8) is 0 Å². The van der Waals surface area contributed by atoms with E-state index in [0.717, 1.165) is 5.56 Å². The summed E-state index contributed by atoms with van der Waals surface area (Å²) in [6.45, 7) is 1.67. The van der Waals surface area contributed by atoms with E-state index in [9.17, 15) is 14.4 Å². The Bertz CT molecular complexity index is 756. The number of rotatable bonds is 5. The maximum atomic E-state index is 12.1. The van der Waals surface area contributed by atoms with Gasteiger partial charge in [-0.1, -0.05) is 17.2 Å². The predicted octanol–water partition coefficient (Wildman–Crippen LogP) is 1.74. The second kappa shape index (κ2) is 6.59. The summed E-state index contributed by atoms with van der Waals surface area (Å²) in [5.41, 5.74) is 1.26. The molecule has 2 aromatic rings. The second-order valence-corrected chi connectivity index (χ2v) is 5.17. The molecule has 1 atom stereocenters. The monoisotopic (exact) mass is 326 g/mol. The summed E-state index contributed by atoms with van der Waals surface area (Å²) in [6, 6.07) is 9.79. The van der Waals surface area contributed by atoms with Crippen LogP contribution in [0, 0.1) is 0 Å². The molecule has 0 spiro atoms. The summed E-state index contributed by atoms with van der Waals surface area (Å²) in [4.78, 5) is 45.1. The van der Waals surface area contributed by atoms with Crippen molar-refractivity contribution in [2.24, 2.45) is 0 Å². The quantitative estimate of drug-likeness (QED) is 0.778. The molecule has 2 amide bonds. The van der Waals surface area contributed by atoms with E-state index in [4.69, 9.17) is 9.57 Å². The van der Waals surface area contributed by atoms with Crippen LogP contribution in [0.3, 0.4) is 0 Å². The minimum absolute atomic E-state index is 0.181. The number of carbonyl (C=O) groups is 3. The lowest BCUT2D eigenvalue weighted by Crippen LogP contribution is -2.36. The van der Waals surface area contributed by atoms with Gasteiger partial charge in [0, 0.05) is 12.4 Å². The molecule has 0 saturated carbocycles. The molecule has 7 nitrogen and oxygen atoms in total. The fourth-order valence-corrected chi connectivity index (χ4v) is 2.18. The Labute approximate surface area is 137 Å². The number of carbonyl (C=O) groups excluding carboxylic acids is 3. The largest absolute Gasteiger partial charge is 0.362 e. The van der Waals surface area contributed by atoms with E-state index in [2.05, 4.69) is 4.98 Å². The average Bonchev–Trinajstić information content (AvgIpc) is 2.86. The van der Waals surface area contributed by atoms with E-state index in [-0.39, 0.29) is 17.7 Å². The first kappa shape index (κ1) is 15.8. The molecule has 1 unspecified atom stereocenters. The lowest BCUT2D eigenvalue weighted by atomic mass is 10.1. The van der Waals surface area contributed by atoms with Gasteiger partial charge in [0.15, 0.2) is 6.10 Å². The lowest BCUT2D eigenvalue weighted by Gasteiger charge is -2.16. The Hall–Kier alpha value is -3.06. The first-order chi connectivity index (χ1) is 11.6. The fraction of sp³-hybridized carbons (Fsp3) is 0.176. The summed E-state index contributed by atoms with van der Waals surface area (Å²) >= 11 is 0. The highest BCUT2D eigenvalue weighted by Crippen LogP contribution is 2.23. The average molecular weight is 326 g/mol. The number of hydrogen-bond acceptors (Lipinski definition) is 6. The van der Waals surface area contributed by atoms with Crippen molar-refractivity contribution in [1.82, 2.24) is 10.0 Å². The normalized spacial score (nSPS) is 14.5. The number of hydroxylamine groups is 2. The van der Waals surface area contributed by atoms with Crippen molar-refractivity contribution in [2.75, 3.05) is 0 Å². The molecule has 24 heavy (non-hydrogen) atoms. The SMILES string of the molecule is CC(OCc1ccncc1)C(=O)ON1C(=O)c2ccccc2C1=O. The van der Waals surface area contributed by atoms with Gasteiger partial charge in [0.25, 0.3) is 11.8 Å². The molecule has 7 heteroatoms. The van der Waals surface area contributed by atoms with E-state index in [0.29, 0.717) is 5.06 Å². The molecule has 3 rings (SSSR count). The molecule has 0 aliphatic carbocycles. The van der Waals surface area contributed by atoms with Gasteiger partial charge in [0.05, 0.1) is 17.7 Å². The predicted molar refractivity (Wildman–Crippen MR) is 81.5 cm³/mol. The van der Waals surface area contributed by atoms with Gasteiger partial charge in [-0.05, 0) is 36.8 Å². The zero-order valence-corrected chi connectivity index (χ0v) is 12.8. The number of ether oxygens (including phenoxy) is 1. The molecule has 1 aliphatic rings. The standard InChI is InChI=1S/C17H14N2O5/c1-11(23-10-12-6-8-18-9-7-12)17(22)24-19-15(20)13-4-2-3-5-14(13)16(19)21/h2-9,11H,10H2,1H3. The Morgan fingerprint density at radius 2 is 1.67 bits per heavy atom. The smallest absolute Gasteiger partial charge is 0.361 e. The lowest BCUT2D eigenvalue weighted by molar-refractivity contribution is -0.181. The van der Waals surface area contributed by atoms with Gasteiger partial charge < -0.3 is 9.57 Å². The molecule has 0 N–H and O–H groups in total. The Balaban J connectivity index is 1.61. The summed E-state index contributed by atoms with van der Waals surface area (Å²) in [7, 11) is 0. The zero-order valence-electron chi connectivity index (χ0n) is 12.8. The zero-order chi connectivity index (χ0) is 17.1. The van der Waals surface area contributed by atoms with Crippen molar-refractivity contribution in [1.29, 1.82) is 0 Å². The number of fused-ring (bicyclic) bond motifs is 1. The maximum absolute atomic E-state index is 12.1. The minimum Gasteiger partial charge on any atom is -0.362 e. The molecule has 122 valence electrons. The van der Waals surface area contributed by atoms with Crippen LogP contribution in [0.4, 0.5) is 0 Å². The van der Waals surface area contributed by atoms with E-state index in [1.165, 1.54) is 19.1 Å². The van der Waals surface area contributed by atoms with E-state index < -0.39 is 23.9 Å². The summed E-state index contributed by atoms with van der Waals surface area (Å²) in [6.07, 6.45) is 2.28. The molecular formula is C17H14N2O5. The van der Waals surface area contributed by atoms with Gasteiger partial charge in [-0.2, -0.15) is 0 Å². The number of imide groups is 1. The van der Waals surface area contributed by atoms with Gasteiger partial charge in [0.2, 0.25) is 0 Å². The van der Waals surface area contributed by atoms with Crippen LogP contribution in [-0.4, -0.2) is 33.9 Å². The summed E-state index contributed by atoms with van der Waals surface area (Å²) in [5, 5.41) is 0.472. The molecule has 0 saturated heterocycles. The minimum atomic E-state index is -0.942. The maximum Gasteiger partial charge on any atom is 0.361 e. The Kier molecular flexibility index (Phi) is 4.35. The van der Waals surface area contributed by atoms with E-state index in [1.54, 1.807) is 36.7 Å². The number of nitrogens with zero attached hydrogens (tertiary/aromatic N) is 2. The second-order valence-electron chi connectivity index (χ2n) is 5.17. The van der Waals surface area contributed by atoms with Crippen LogP contribution < -0.4 is 0 Å². The summed E-state index contributed by atoms with van der Waals surface area (Å²) < 4.78 is 5.40. The Morgan fingerprint density at radius 3 is 2.25 bits per heavy atom. The van der Waals surface area contributed by atoms with Crippen molar-refractivity contribution < 1.29 is 24.0 Å². The van der Waals surface area contributed by atoms with Crippen LogP contribution in [-0.2, 0) is 21.0 Å². The highest BCUT2D eigenvalue weighted by Gasteiger charge is 2.39. The highest BCUT2D eigenvalue weighted by atomic mass is 16.7. The number of aromatic nitrogens is 1. The van der Waals surface area contributed by atoms with Crippen LogP contribution in [0.1, 0.15) is 33.2 Å². The van der Waals surface area contributed by atoms with Gasteiger partial charge in [0.1, 0.15) is 0 Å². The topological polar surface area (TPSA) is 85.8 Å². The Morgan fingerprint density at radius 1 is 1.08 bits per heavy atom. The van der Waals surface area contributed by atoms with Gasteiger partial charge in [-0.25, -0.2) is 4.79 Å². The third-order valence-electron chi connectivity index (χ3n) is 3.52. The first-order valence-corrected chi connectivity index (χ1v) is 7.28. The van der Waals surface area contributed by atoms with Crippen molar-refractivity contribution in [3.05, 3.63) is 65.5 Å². The van der Waals surface area contributed by atoms with Gasteiger partial charge in [-0.15, -0.1) is 0 Å². The summed E-state index contributed by atoms with van der Waals surface area (Å²) in [5.74, 6) is -2.14. The fourth-order valence-electron chi connectivity index (χ4n) is 2.18. The molecule has 2 heterocycles. The number of pyridine rings is 1. The molecule has 1 aromatic heterocycles. The molecule has 1 aromatic carbocycles. The van der Waals surface area contributed by atoms with Gasteiger partial charge in [-0.3, -0.25) is 14.6 Å². The molecule has 0 fully saturated rings. The highest BCUT2D eigenvalue weighted by molar-refractivity contribution is 6.20. The van der Waals surface area contributed by atoms with Crippen molar-refractivity contribution >= 4 is 17.8 Å². The van der Waals surface area contributed by atoms with Crippen LogP contribution in [0.2, 0.25) is 0 Å². The molecule has 0 radical (unpaired) electrons. The third kappa shape index (κ3) is 3.02. The van der Waals surface area contributed by atoms with Crippen molar-refractivity contribution in [3.8, 4) is 0 Å². The number of benzene rings is 1. The van der Waals surface area contributed by atoms with Gasteiger partial charge >= 0.3 is 5.97 Å². The molecular weight excluding hydrogens is 312 g/mol. The number of hydrogen-bond donors (Lipinski definition) is 0. The van der Waals surface area contributed by atoms with Crippen LogP contribution >= 0.6 is 0 Å². The third-order valence-corrected chi connectivity index (χ3v) is 3.52. The van der Waals surface area contributed by atoms with E-state index >= 15 is 0 Å². The molecule has 1 aliphatic heterocycles. The molecule has 0 bridgehead atoms. The van der Waals surface area contributed by atoms with Crippen LogP contribution in [0.5, 0.6) is 0 Å². The van der Waals surface area contributed by atoms with Crippen molar-refractivity contribution in [2.45, 2.75) is 19.6 Å².